The molecule has 180 valence electrons. The normalized spacial score (nSPS) is 23.4. The maximum atomic E-state index is 9.99. The summed E-state index contributed by atoms with van der Waals surface area (Å²) in [6.45, 7) is 0.965. The average molecular weight is 480 g/mol. The molecule has 0 unspecified atom stereocenters. The van der Waals surface area contributed by atoms with Crippen molar-refractivity contribution in [1.82, 2.24) is 24.7 Å². The largest absolute Gasteiger partial charge is 0.388 e. The standard InChI is InChI=1S/C28H25N5O3/c34-26-14-36-27-20(13-35-28(26)27)11-21-12-25-24(31-21)10-9-23(32-25)19-3-1-17(2-4-19)18-5-7-22(8-6-18)33-16-29-15-30-33/h1-10,12,15-16,20,26-28,31,34H,11,13-14H2/t20-,26-,27-,28-/m1/s1. The summed E-state index contributed by atoms with van der Waals surface area (Å²) in [5.41, 5.74) is 8.34. The highest BCUT2D eigenvalue weighted by Gasteiger charge is 2.46. The van der Waals surface area contributed by atoms with Gasteiger partial charge >= 0.3 is 0 Å². The van der Waals surface area contributed by atoms with E-state index in [2.05, 4.69) is 69.7 Å². The maximum absolute atomic E-state index is 9.99. The van der Waals surface area contributed by atoms with Crippen LogP contribution in [0.25, 0.3) is 39.1 Å². The molecule has 2 aliphatic heterocycles. The number of H-pyrrole nitrogens is 1. The van der Waals surface area contributed by atoms with E-state index < -0.39 is 6.10 Å². The first-order valence-corrected chi connectivity index (χ1v) is 12.2. The van der Waals surface area contributed by atoms with Crippen molar-refractivity contribution >= 4 is 11.0 Å². The van der Waals surface area contributed by atoms with Crippen LogP contribution in [-0.4, -0.2) is 61.4 Å². The second-order valence-electron chi connectivity index (χ2n) is 9.52. The number of hydrogen-bond acceptors (Lipinski definition) is 6. The topological polar surface area (TPSA) is 98.1 Å². The molecule has 5 heterocycles. The molecule has 2 aromatic carbocycles. The minimum atomic E-state index is -0.516. The first-order valence-electron chi connectivity index (χ1n) is 12.2. The lowest BCUT2D eigenvalue weighted by atomic mass is 9.96. The van der Waals surface area contributed by atoms with Gasteiger partial charge in [-0.05, 0) is 47.9 Å². The van der Waals surface area contributed by atoms with Gasteiger partial charge < -0.3 is 19.6 Å². The Kier molecular flexibility index (Phi) is 5.16. The van der Waals surface area contributed by atoms with E-state index in [9.17, 15) is 5.11 Å². The smallest absolute Gasteiger partial charge is 0.138 e. The van der Waals surface area contributed by atoms with Gasteiger partial charge in [0.2, 0.25) is 0 Å². The minimum absolute atomic E-state index is 0.0350. The summed E-state index contributed by atoms with van der Waals surface area (Å²) < 4.78 is 13.3. The molecule has 3 aromatic heterocycles. The number of pyridine rings is 1. The molecule has 2 N–H and O–H groups in total. The Bertz CT molecular complexity index is 1500. The third-order valence-corrected chi connectivity index (χ3v) is 7.21. The van der Waals surface area contributed by atoms with Gasteiger partial charge in [0.05, 0.1) is 41.7 Å². The molecule has 0 spiro atoms. The molecule has 5 aromatic rings. The van der Waals surface area contributed by atoms with Gasteiger partial charge in [-0.15, -0.1) is 0 Å². The molecule has 2 saturated heterocycles. The Hall–Kier alpha value is -3.85. The van der Waals surface area contributed by atoms with Crippen molar-refractivity contribution in [2.75, 3.05) is 13.2 Å². The number of aromatic nitrogens is 5. The lowest BCUT2D eigenvalue weighted by Gasteiger charge is -2.14. The zero-order valence-corrected chi connectivity index (χ0v) is 19.5. The van der Waals surface area contributed by atoms with E-state index in [0.29, 0.717) is 13.2 Å². The molecule has 7 rings (SSSR count). The second kappa shape index (κ2) is 8.67. The first-order chi connectivity index (χ1) is 17.7. The fourth-order valence-electron chi connectivity index (χ4n) is 5.33. The van der Waals surface area contributed by atoms with Crippen LogP contribution in [0.2, 0.25) is 0 Å². The van der Waals surface area contributed by atoms with Crippen LogP contribution in [0.4, 0.5) is 0 Å². The second-order valence-corrected chi connectivity index (χ2v) is 9.52. The Labute approximate surface area is 207 Å². The van der Waals surface area contributed by atoms with E-state index in [1.165, 1.54) is 6.33 Å². The fourth-order valence-corrected chi connectivity index (χ4v) is 5.33. The molecule has 0 amide bonds. The third-order valence-electron chi connectivity index (χ3n) is 7.21. The van der Waals surface area contributed by atoms with E-state index in [1.807, 2.05) is 12.1 Å². The molecule has 0 aliphatic carbocycles. The van der Waals surface area contributed by atoms with Gasteiger partial charge in [-0.2, -0.15) is 5.10 Å². The van der Waals surface area contributed by atoms with Gasteiger partial charge in [-0.1, -0.05) is 36.4 Å². The fraction of sp³-hybridized carbons (Fsp3) is 0.250. The molecule has 8 heteroatoms. The first kappa shape index (κ1) is 21.4. The zero-order chi connectivity index (χ0) is 24.1. The quantitative estimate of drug-likeness (QED) is 0.398. The van der Waals surface area contributed by atoms with Crippen LogP contribution in [0.3, 0.4) is 0 Å². The van der Waals surface area contributed by atoms with Gasteiger partial charge in [0, 0.05) is 17.2 Å². The SMILES string of the molecule is O[C@@H]1CO[C@@H]2[C@H](Cc3cc4nc(-c5ccc(-c6ccc(-n7cncn7)cc6)cc5)ccc4[nH]3)CO[C@@H]21. The number of rotatable bonds is 5. The van der Waals surface area contributed by atoms with Gasteiger partial charge in [-0.3, -0.25) is 0 Å². The van der Waals surface area contributed by atoms with Crippen molar-refractivity contribution in [2.45, 2.75) is 24.7 Å². The molecule has 4 atom stereocenters. The van der Waals surface area contributed by atoms with E-state index >= 15 is 0 Å². The molecule has 0 bridgehead atoms. The highest BCUT2D eigenvalue weighted by atomic mass is 16.6. The summed E-state index contributed by atoms with van der Waals surface area (Å²) in [5, 5.41) is 14.2. The molecule has 2 aliphatic rings. The Morgan fingerprint density at radius 1 is 0.889 bits per heavy atom. The molecule has 0 radical (unpaired) electrons. The van der Waals surface area contributed by atoms with Crippen LogP contribution < -0.4 is 0 Å². The highest BCUT2D eigenvalue weighted by Crippen LogP contribution is 2.34. The molecule has 8 nitrogen and oxygen atoms in total. The van der Waals surface area contributed by atoms with Crippen molar-refractivity contribution in [3.8, 4) is 28.1 Å². The van der Waals surface area contributed by atoms with Crippen LogP contribution in [0.15, 0.2) is 79.4 Å². The summed E-state index contributed by atoms with van der Waals surface area (Å²) in [6, 6.07) is 23.0. The van der Waals surface area contributed by atoms with Crippen molar-refractivity contribution in [1.29, 1.82) is 0 Å². The number of aromatic amines is 1. The van der Waals surface area contributed by atoms with E-state index in [-0.39, 0.29) is 18.1 Å². The number of fused-ring (bicyclic) bond motifs is 2. The number of hydrogen-bond donors (Lipinski definition) is 2. The van der Waals surface area contributed by atoms with Gasteiger partial charge in [0.25, 0.3) is 0 Å². The molecule has 2 fully saturated rings. The minimum Gasteiger partial charge on any atom is -0.388 e. The van der Waals surface area contributed by atoms with Gasteiger partial charge in [-0.25, -0.2) is 14.6 Å². The van der Waals surface area contributed by atoms with Crippen LogP contribution >= 0.6 is 0 Å². The summed E-state index contributed by atoms with van der Waals surface area (Å²) in [5.74, 6) is 0.234. The Morgan fingerprint density at radius 3 is 2.42 bits per heavy atom. The lowest BCUT2D eigenvalue weighted by molar-refractivity contribution is 0.0169. The van der Waals surface area contributed by atoms with Crippen molar-refractivity contribution in [3.63, 3.8) is 0 Å². The van der Waals surface area contributed by atoms with Crippen molar-refractivity contribution in [3.05, 3.63) is 85.1 Å². The maximum Gasteiger partial charge on any atom is 0.138 e. The van der Waals surface area contributed by atoms with Gasteiger partial charge in [0.15, 0.2) is 0 Å². The predicted octanol–water partition coefficient (Wildman–Crippen LogP) is 3.79. The Morgan fingerprint density at radius 2 is 1.64 bits per heavy atom. The highest BCUT2D eigenvalue weighted by molar-refractivity contribution is 5.80. The van der Waals surface area contributed by atoms with E-state index in [0.717, 1.165) is 51.2 Å². The number of nitrogens with zero attached hydrogens (tertiary/aromatic N) is 4. The summed E-state index contributed by atoms with van der Waals surface area (Å²) in [6.07, 6.45) is 3.28. The zero-order valence-electron chi connectivity index (χ0n) is 19.5. The summed E-state index contributed by atoms with van der Waals surface area (Å²) >= 11 is 0. The average Bonchev–Trinajstić information content (AvgIpc) is 3.71. The van der Waals surface area contributed by atoms with Crippen LogP contribution in [0.5, 0.6) is 0 Å². The lowest BCUT2D eigenvalue weighted by Crippen LogP contribution is -2.29. The number of ether oxygens (including phenoxy) is 2. The molecule has 0 saturated carbocycles. The Balaban J connectivity index is 1.08. The molecule has 36 heavy (non-hydrogen) atoms. The van der Waals surface area contributed by atoms with E-state index in [1.54, 1.807) is 11.0 Å². The van der Waals surface area contributed by atoms with Crippen LogP contribution in [0.1, 0.15) is 5.69 Å². The molecular formula is C28H25N5O3. The molecular weight excluding hydrogens is 454 g/mol. The van der Waals surface area contributed by atoms with Crippen LogP contribution in [0, 0.1) is 5.92 Å². The van der Waals surface area contributed by atoms with E-state index in [4.69, 9.17) is 14.5 Å². The predicted molar refractivity (Wildman–Crippen MR) is 135 cm³/mol. The number of aliphatic hydroxyl groups excluding tert-OH is 1. The summed E-state index contributed by atoms with van der Waals surface area (Å²) in [4.78, 5) is 12.4. The monoisotopic (exact) mass is 479 g/mol. The van der Waals surface area contributed by atoms with Gasteiger partial charge in [0.1, 0.15) is 24.9 Å². The van der Waals surface area contributed by atoms with Crippen molar-refractivity contribution < 1.29 is 14.6 Å². The van der Waals surface area contributed by atoms with Crippen LogP contribution in [-0.2, 0) is 15.9 Å². The number of nitrogens with one attached hydrogen (secondary N) is 1. The van der Waals surface area contributed by atoms with Crippen molar-refractivity contribution in [2.24, 2.45) is 5.92 Å². The summed E-state index contributed by atoms with van der Waals surface area (Å²) in [7, 11) is 0. The number of aliphatic hydroxyl groups is 1. The third kappa shape index (κ3) is 3.80. The number of benzene rings is 2.